The number of amides is 2. The van der Waals surface area contributed by atoms with Crippen LogP contribution in [0.2, 0.25) is 0 Å². The van der Waals surface area contributed by atoms with Gasteiger partial charge in [-0.2, -0.15) is 11.8 Å². The van der Waals surface area contributed by atoms with Gasteiger partial charge in [0.25, 0.3) is 0 Å². The largest absolute Gasteiger partial charge is 0.444 e. The second-order valence-electron chi connectivity index (χ2n) is 5.69. The van der Waals surface area contributed by atoms with E-state index < -0.39 is 17.5 Å². The number of carbonyl (C=O) groups excluding carboxylic acids is 2. The SMILES string of the molecule is CS[C@H](C)C(=O)Nc1ccc(F)c(NC(=O)OC(C)(C)C)c1. The molecule has 1 aromatic rings. The Balaban J connectivity index is 2.82. The van der Waals surface area contributed by atoms with Crippen LogP contribution in [0.1, 0.15) is 27.7 Å². The van der Waals surface area contributed by atoms with E-state index in [0.717, 1.165) is 0 Å². The maximum absolute atomic E-state index is 13.7. The molecule has 5 nitrogen and oxygen atoms in total. The van der Waals surface area contributed by atoms with Crippen LogP contribution in [-0.2, 0) is 9.53 Å². The summed E-state index contributed by atoms with van der Waals surface area (Å²) in [5, 5.41) is 4.76. The molecule has 0 unspecified atom stereocenters. The highest BCUT2D eigenvalue weighted by atomic mass is 32.2. The molecule has 0 heterocycles. The molecule has 22 heavy (non-hydrogen) atoms. The Hall–Kier alpha value is -1.76. The number of thioether (sulfide) groups is 1. The van der Waals surface area contributed by atoms with Crippen LogP contribution in [-0.4, -0.2) is 29.1 Å². The van der Waals surface area contributed by atoms with Crippen LogP contribution in [0.3, 0.4) is 0 Å². The van der Waals surface area contributed by atoms with Gasteiger partial charge in [0.15, 0.2) is 0 Å². The number of hydrogen-bond donors (Lipinski definition) is 2. The summed E-state index contributed by atoms with van der Waals surface area (Å²) in [6.07, 6.45) is 1.07. The third-order valence-electron chi connectivity index (χ3n) is 2.59. The van der Waals surface area contributed by atoms with E-state index in [1.807, 2.05) is 6.26 Å². The van der Waals surface area contributed by atoms with Crippen molar-refractivity contribution in [3.8, 4) is 0 Å². The zero-order valence-corrected chi connectivity index (χ0v) is 14.1. The Labute approximate surface area is 134 Å². The lowest BCUT2D eigenvalue weighted by molar-refractivity contribution is -0.115. The van der Waals surface area contributed by atoms with E-state index in [9.17, 15) is 14.0 Å². The van der Waals surface area contributed by atoms with Gasteiger partial charge >= 0.3 is 6.09 Å². The molecule has 1 aromatic carbocycles. The molecule has 0 saturated carbocycles. The van der Waals surface area contributed by atoms with Crippen molar-refractivity contribution < 1.29 is 18.7 Å². The average molecular weight is 328 g/mol. The monoisotopic (exact) mass is 328 g/mol. The molecule has 2 N–H and O–H groups in total. The molecule has 0 aliphatic rings. The molecule has 0 aliphatic heterocycles. The van der Waals surface area contributed by atoms with E-state index in [1.165, 1.54) is 30.0 Å². The average Bonchev–Trinajstić information content (AvgIpc) is 2.39. The maximum atomic E-state index is 13.7. The van der Waals surface area contributed by atoms with Gasteiger partial charge in [0.2, 0.25) is 5.91 Å². The number of rotatable bonds is 4. The summed E-state index contributed by atoms with van der Waals surface area (Å²) in [7, 11) is 0. The van der Waals surface area contributed by atoms with Crippen LogP contribution in [0.5, 0.6) is 0 Å². The molecule has 0 radical (unpaired) electrons. The fourth-order valence-electron chi connectivity index (χ4n) is 1.46. The van der Waals surface area contributed by atoms with Crippen LogP contribution >= 0.6 is 11.8 Å². The second-order valence-corrected chi connectivity index (χ2v) is 6.87. The third kappa shape index (κ3) is 5.93. The zero-order valence-electron chi connectivity index (χ0n) is 13.3. The molecule has 1 rings (SSSR count). The van der Waals surface area contributed by atoms with Gasteiger partial charge in [-0.1, -0.05) is 0 Å². The summed E-state index contributed by atoms with van der Waals surface area (Å²) >= 11 is 1.40. The van der Waals surface area contributed by atoms with Gasteiger partial charge in [-0.15, -0.1) is 0 Å². The van der Waals surface area contributed by atoms with Crippen molar-refractivity contribution in [1.29, 1.82) is 0 Å². The van der Waals surface area contributed by atoms with E-state index in [1.54, 1.807) is 27.7 Å². The number of anilines is 2. The lowest BCUT2D eigenvalue weighted by atomic mass is 10.2. The number of halogens is 1. The zero-order chi connectivity index (χ0) is 16.9. The van der Waals surface area contributed by atoms with Crippen molar-refractivity contribution in [2.75, 3.05) is 16.9 Å². The Morgan fingerprint density at radius 3 is 2.45 bits per heavy atom. The standard InChI is InChI=1S/C15H21FN2O3S/c1-9(22-5)13(19)17-10-6-7-11(16)12(8-10)18-14(20)21-15(2,3)4/h6-9H,1-5H3,(H,17,19)(H,18,20)/t9-/m1/s1. The fourth-order valence-corrected chi connectivity index (χ4v) is 1.74. The first-order chi connectivity index (χ1) is 10.1. The molecule has 7 heteroatoms. The molecule has 2 amide bonds. The fraction of sp³-hybridized carbons (Fsp3) is 0.467. The Morgan fingerprint density at radius 2 is 1.91 bits per heavy atom. The highest BCUT2D eigenvalue weighted by Crippen LogP contribution is 2.21. The van der Waals surface area contributed by atoms with Gasteiger partial charge < -0.3 is 10.1 Å². The van der Waals surface area contributed by atoms with Crippen LogP contribution < -0.4 is 10.6 Å². The van der Waals surface area contributed by atoms with Crippen LogP contribution in [0.4, 0.5) is 20.6 Å². The molecule has 122 valence electrons. The Bertz CT molecular complexity index is 558. The number of benzene rings is 1. The van der Waals surface area contributed by atoms with E-state index in [2.05, 4.69) is 10.6 Å². The predicted molar refractivity (Wildman–Crippen MR) is 87.9 cm³/mol. The van der Waals surface area contributed by atoms with Gasteiger partial charge in [0.1, 0.15) is 11.4 Å². The number of hydrogen-bond acceptors (Lipinski definition) is 4. The van der Waals surface area contributed by atoms with Gasteiger partial charge in [-0.05, 0) is 52.1 Å². The summed E-state index contributed by atoms with van der Waals surface area (Å²) < 4.78 is 18.8. The van der Waals surface area contributed by atoms with E-state index >= 15 is 0 Å². The molecular formula is C15H21FN2O3S. The third-order valence-corrected chi connectivity index (χ3v) is 3.51. The second kappa shape index (κ2) is 7.49. The highest BCUT2D eigenvalue weighted by Gasteiger charge is 2.18. The van der Waals surface area contributed by atoms with Crippen LogP contribution in [0, 0.1) is 5.82 Å². The van der Waals surface area contributed by atoms with Crippen LogP contribution in [0.25, 0.3) is 0 Å². The molecular weight excluding hydrogens is 307 g/mol. The molecule has 1 atom stereocenters. The molecule has 0 spiro atoms. The summed E-state index contributed by atoms with van der Waals surface area (Å²) in [6, 6.07) is 3.96. The molecule has 0 fully saturated rings. The topological polar surface area (TPSA) is 67.4 Å². The summed E-state index contributed by atoms with van der Waals surface area (Å²) in [5.41, 5.74) is -0.331. The highest BCUT2D eigenvalue weighted by molar-refractivity contribution is 7.99. The minimum atomic E-state index is -0.757. The number of ether oxygens (including phenoxy) is 1. The predicted octanol–water partition coefficient (Wildman–Crippen LogP) is 3.86. The molecule has 0 bridgehead atoms. The van der Waals surface area contributed by atoms with Crippen molar-refractivity contribution >= 4 is 35.1 Å². The van der Waals surface area contributed by atoms with Crippen molar-refractivity contribution in [3.63, 3.8) is 0 Å². The van der Waals surface area contributed by atoms with Crippen molar-refractivity contribution in [1.82, 2.24) is 0 Å². The lowest BCUT2D eigenvalue weighted by Crippen LogP contribution is -2.27. The normalized spacial score (nSPS) is 12.5. The smallest absolute Gasteiger partial charge is 0.412 e. The quantitative estimate of drug-likeness (QED) is 0.880. The minimum Gasteiger partial charge on any atom is -0.444 e. The van der Waals surface area contributed by atoms with Crippen LogP contribution in [0.15, 0.2) is 18.2 Å². The summed E-state index contributed by atoms with van der Waals surface area (Å²) in [5.74, 6) is -0.802. The Kier molecular flexibility index (Phi) is 6.22. The molecule has 0 aliphatic carbocycles. The lowest BCUT2D eigenvalue weighted by Gasteiger charge is -2.20. The first kappa shape index (κ1) is 18.3. The first-order valence-electron chi connectivity index (χ1n) is 6.75. The van der Waals surface area contributed by atoms with Crippen molar-refractivity contribution in [3.05, 3.63) is 24.0 Å². The number of nitrogens with one attached hydrogen (secondary N) is 2. The van der Waals surface area contributed by atoms with Gasteiger partial charge in [-0.25, -0.2) is 9.18 Å². The summed E-state index contributed by atoms with van der Waals surface area (Å²) in [4.78, 5) is 23.5. The van der Waals surface area contributed by atoms with Gasteiger partial charge in [0.05, 0.1) is 10.9 Å². The molecule has 0 aromatic heterocycles. The van der Waals surface area contributed by atoms with E-state index in [4.69, 9.17) is 4.74 Å². The van der Waals surface area contributed by atoms with E-state index in [0.29, 0.717) is 5.69 Å². The maximum Gasteiger partial charge on any atom is 0.412 e. The van der Waals surface area contributed by atoms with Crippen molar-refractivity contribution in [2.24, 2.45) is 0 Å². The minimum absolute atomic E-state index is 0.0520. The summed E-state index contributed by atoms with van der Waals surface area (Å²) in [6.45, 7) is 6.90. The first-order valence-corrected chi connectivity index (χ1v) is 8.04. The molecule has 0 saturated heterocycles. The number of carbonyl (C=O) groups is 2. The van der Waals surface area contributed by atoms with E-state index in [-0.39, 0.29) is 16.8 Å². The van der Waals surface area contributed by atoms with Gasteiger partial charge in [0, 0.05) is 5.69 Å². The Morgan fingerprint density at radius 1 is 1.27 bits per heavy atom. The van der Waals surface area contributed by atoms with Crippen molar-refractivity contribution in [2.45, 2.75) is 38.5 Å². The van der Waals surface area contributed by atoms with Gasteiger partial charge in [-0.3, -0.25) is 10.1 Å².